The standard InChI is InChI=1S/C30H62O8/c1-3-5-6-7-8-9-10-11-12-13-14-15-16-17-30(31)38-29-28-37-27-26-36-25-24-35-23-22-34-21-20-33-19-18-32-4-2/h30-31H,3-29H2,1-2H3. The van der Waals surface area contributed by atoms with Crippen molar-refractivity contribution in [3.05, 3.63) is 0 Å². The third-order valence-electron chi connectivity index (χ3n) is 6.16. The Hall–Kier alpha value is -0.320. The highest BCUT2D eigenvalue weighted by molar-refractivity contribution is 4.50. The summed E-state index contributed by atoms with van der Waals surface area (Å²) in [5.41, 5.74) is 0. The lowest BCUT2D eigenvalue weighted by Crippen LogP contribution is -2.17. The molecule has 1 N–H and O–H groups in total. The molecule has 1 unspecified atom stereocenters. The van der Waals surface area contributed by atoms with Crippen LogP contribution in [0.1, 0.15) is 104 Å². The van der Waals surface area contributed by atoms with Gasteiger partial charge in [-0.1, -0.05) is 84.0 Å². The molecule has 1 atom stereocenters. The van der Waals surface area contributed by atoms with E-state index in [1.807, 2.05) is 6.92 Å². The molecule has 38 heavy (non-hydrogen) atoms. The molecule has 0 heterocycles. The number of ether oxygens (including phenoxy) is 7. The molecule has 230 valence electrons. The summed E-state index contributed by atoms with van der Waals surface area (Å²) in [6.45, 7) is 11.3. The lowest BCUT2D eigenvalue weighted by molar-refractivity contribution is -0.118. The molecule has 0 aliphatic carbocycles. The minimum Gasteiger partial charge on any atom is -0.379 e. The number of unbranched alkanes of at least 4 members (excludes halogenated alkanes) is 12. The maximum atomic E-state index is 9.93. The summed E-state index contributed by atoms with van der Waals surface area (Å²) < 4.78 is 37.8. The molecule has 0 radical (unpaired) electrons. The van der Waals surface area contributed by atoms with Crippen molar-refractivity contribution >= 4 is 0 Å². The van der Waals surface area contributed by atoms with E-state index in [1.54, 1.807) is 0 Å². The Kier molecular flexibility index (Phi) is 34.4. The van der Waals surface area contributed by atoms with Crippen molar-refractivity contribution in [2.45, 2.75) is 110 Å². The molecule has 0 saturated heterocycles. The highest BCUT2D eigenvalue weighted by Gasteiger charge is 2.04. The second kappa shape index (κ2) is 34.7. The van der Waals surface area contributed by atoms with Crippen LogP contribution in [0.4, 0.5) is 0 Å². The monoisotopic (exact) mass is 550 g/mol. The number of hydrogen-bond acceptors (Lipinski definition) is 8. The largest absolute Gasteiger partial charge is 0.379 e. The second-order valence-electron chi connectivity index (χ2n) is 9.62. The first-order chi connectivity index (χ1) is 18.8. The van der Waals surface area contributed by atoms with Gasteiger partial charge in [0.15, 0.2) is 6.29 Å². The first-order valence-electron chi connectivity index (χ1n) is 15.6. The van der Waals surface area contributed by atoms with Crippen molar-refractivity contribution < 1.29 is 38.3 Å². The minimum absolute atomic E-state index is 0.403. The van der Waals surface area contributed by atoms with Crippen LogP contribution in [-0.4, -0.2) is 97.3 Å². The van der Waals surface area contributed by atoms with Crippen LogP contribution in [0, 0.1) is 0 Å². The van der Waals surface area contributed by atoms with Crippen LogP contribution in [0.15, 0.2) is 0 Å². The third kappa shape index (κ3) is 33.7. The maximum Gasteiger partial charge on any atom is 0.154 e. The van der Waals surface area contributed by atoms with Gasteiger partial charge in [0, 0.05) is 6.61 Å². The van der Waals surface area contributed by atoms with Crippen LogP contribution < -0.4 is 0 Å². The maximum absolute atomic E-state index is 9.93. The molecule has 0 aromatic rings. The molecule has 0 amide bonds. The Morgan fingerprint density at radius 2 is 0.711 bits per heavy atom. The van der Waals surface area contributed by atoms with E-state index in [2.05, 4.69) is 6.92 Å². The molecule has 0 fully saturated rings. The zero-order valence-corrected chi connectivity index (χ0v) is 25.0. The highest BCUT2D eigenvalue weighted by Crippen LogP contribution is 2.13. The van der Waals surface area contributed by atoms with E-state index in [0.717, 1.165) is 6.42 Å². The van der Waals surface area contributed by atoms with Gasteiger partial charge in [-0.3, -0.25) is 0 Å². The lowest BCUT2D eigenvalue weighted by atomic mass is 10.0. The van der Waals surface area contributed by atoms with Gasteiger partial charge in [-0.05, 0) is 19.8 Å². The summed E-state index contributed by atoms with van der Waals surface area (Å²) in [6.07, 6.45) is 17.3. The molecule has 0 aliphatic heterocycles. The van der Waals surface area contributed by atoms with Gasteiger partial charge in [-0.15, -0.1) is 0 Å². The summed E-state index contributed by atoms with van der Waals surface area (Å²) in [6, 6.07) is 0. The normalized spacial score (nSPS) is 12.4. The second-order valence-corrected chi connectivity index (χ2v) is 9.62. The van der Waals surface area contributed by atoms with Crippen LogP contribution in [0.2, 0.25) is 0 Å². The van der Waals surface area contributed by atoms with Crippen LogP contribution in [0.3, 0.4) is 0 Å². The summed E-state index contributed by atoms with van der Waals surface area (Å²) in [4.78, 5) is 0. The zero-order valence-electron chi connectivity index (χ0n) is 25.0. The summed E-state index contributed by atoms with van der Waals surface area (Å²) in [5.74, 6) is 0. The lowest BCUT2D eigenvalue weighted by Gasteiger charge is -2.12. The molecular formula is C30H62O8. The van der Waals surface area contributed by atoms with Gasteiger partial charge < -0.3 is 38.3 Å². The van der Waals surface area contributed by atoms with Gasteiger partial charge in [0.25, 0.3) is 0 Å². The molecule has 0 bridgehead atoms. The molecule has 0 aliphatic rings. The Balaban J connectivity index is 3.13. The van der Waals surface area contributed by atoms with E-state index < -0.39 is 6.29 Å². The Bertz CT molecular complexity index is 414. The Labute approximate surface area is 234 Å². The fourth-order valence-corrected chi connectivity index (χ4v) is 3.91. The topological polar surface area (TPSA) is 84.8 Å². The Morgan fingerprint density at radius 3 is 1.08 bits per heavy atom. The Morgan fingerprint density at radius 1 is 0.395 bits per heavy atom. The van der Waals surface area contributed by atoms with Crippen molar-refractivity contribution in [1.82, 2.24) is 0 Å². The van der Waals surface area contributed by atoms with Crippen molar-refractivity contribution in [1.29, 1.82) is 0 Å². The van der Waals surface area contributed by atoms with Gasteiger partial charge in [-0.25, -0.2) is 0 Å². The first kappa shape index (κ1) is 37.7. The van der Waals surface area contributed by atoms with Gasteiger partial charge in [-0.2, -0.15) is 0 Å². The predicted octanol–water partition coefficient (Wildman–Crippen LogP) is 5.92. The van der Waals surface area contributed by atoms with Crippen LogP contribution in [0.25, 0.3) is 0 Å². The molecule has 8 nitrogen and oxygen atoms in total. The highest BCUT2D eigenvalue weighted by atomic mass is 16.6. The fraction of sp³-hybridized carbons (Fsp3) is 1.00. The fourth-order valence-electron chi connectivity index (χ4n) is 3.91. The molecular weight excluding hydrogens is 488 g/mol. The van der Waals surface area contributed by atoms with E-state index >= 15 is 0 Å². The first-order valence-corrected chi connectivity index (χ1v) is 15.6. The van der Waals surface area contributed by atoms with Crippen LogP contribution >= 0.6 is 0 Å². The molecule has 0 spiro atoms. The molecule has 0 aromatic heterocycles. The van der Waals surface area contributed by atoms with E-state index in [1.165, 1.54) is 77.0 Å². The number of aliphatic hydroxyl groups excluding tert-OH is 1. The van der Waals surface area contributed by atoms with E-state index in [4.69, 9.17) is 33.2 Å². The summed E-state index contributed by atoms with van der Waals surface area (Å²) in [7, 11) is 0. The number of aliphatic hydroxyl groups is 1. The van der Waals surface area contributed by atoms with Crippen LogP contribution in [-0.2, 0) is 33.2 Å². The number of rotatable bonds is 34. The molecule has 0 aromatic carbocycles. The average molecular weight is 551 g/mol. The van der Waals surface area contributed by atoms with Gasteiger partial charge in [0.2, 0.25) is 0 Å². The van der Waals surface area contributed by atoms with Gasteiger partial charge in [0.1, 0.15) is 0 Å². The smallest absolute Gasteiger partial charge is 0.154 e. The molecule has 0 saturated carbocycles. The van der Waals surface area contributed by atoms with E-state index in [-0.39, 0.29) is 0 Å². The molecule has 8 heteroatoms. The predicted molar refractivity (Wildman–Crippen MR) is 153 cm³/mol. The van der Waals surface area contributed by atoms with Gasteiger partial charge >= 0.3 is 0 Å². The third-order valence-corrected chi connectivity index (χ3v) is 6.16. The van der Waals surface area contributed by atoms with E-state index in [0.29, 0.717) is 92.3 Å². The van der Waals surface area contributed by atoms with Crippen molar-refractivity contribution in [3.8, 4) is 0 Å². The average Bonchev–Trinajstić information content (AvgIpc) is 2.92. The summed E-state index contributed by atoms with van der Waals surface area (Å²) >= 11 is 0. The summed E-state index contributed by atoms with van der Waals surface area (Å²) in [5, 5.41) is 9.93. The van der Waals surface area contributed by atoms with Crippen LogP contribution in [0.5, 0.6) is 0 Å². The SMILES string of the molecule is CCCCCCCCCCCCCCCC(O)OCCOCCOCCOCCOCCOCCOCC. The van der Waals surface area contributed by atoms with Crippen molar-refractivity contribution in [3.63, 3.8) is 0 Å². The van der Waals surface area contributed by atoms with Crippen molar-refractivity contribution in [2.75, 3.05) is 85.9 Å². The quantitative estimate of drug-likeness (QED) is 0.0780. The van der Waals surface area contributed by atoms with Crippen molar-refractivity contribution in [2.24, 2.45) is 0 Å². The van der Waals surface area contributed by atoms with E-state index in [9.17, 15) is 5.11 Å². The number of hydrogen-bond donors (Lipinski definition) is 1. The zero-order chi connectivity index (χ0) is 27.6. The molecule has 0 rings (SSSR count). The minimum atomic E-state index is -0.684. The van der Waals surface area contributed by atoms with Gasteiger partial charge in [0.05, 0.1) is 79.3 Å².